The first-order valence-electron chi connectivity index (χ1n) is 7.27. The van der Waals surface area contributed by atoms with Gasteiger partial charge in [0.1, 0.15) is 5.75 Å². The van der Waals surface area contributed by atoms with Crippen molar-refractivity contribution in [3.8, 4) is 5.75 Å². The maximum atomic E-state index is 9.73. The highest BCUT2D eigenvalue weighted by molar-refractivity contribution is 5.34. The summed E-state index contributed by atoms with van der Waals surface area (Å²) in [6.07, 6.45) is 6.49. The number of likely N-dealkylation sites (tertiary alicyclic amines) is 1. The Labute approximate surface area is 110 Å². The molecule has 2 heteroatoms. The van der Waals surface area contributed by atoms with E-state index in [1.54, 1.807) is 6.07 Å². The topological polar surface area (TPSA) is 23.5 Å². The lowest BCUT2D eigenvalue weighted by atomic mass is 9.76. The lowest BCUT2D eigenvalue weighted by Gasteiger charge is -2.30. The smallest absolute Gasteiger partial charge is 0.115 e. The van der Waals surface area contributed by atoms with Crippen LogP contribution in [0, 0.1) is 0 Å². The summed E-state index contributed by atoms with van der Waals surface area (Å²) in [5.41, 5.74) is 1.63. The van der Waals surface area contributed by atoms with Crippen LogP contribution in [0.3, 0.4) is 0 Å². The van der Waals surface area contributed by atoms with E-state index in [0.29, 0.717) is 5.75 Å². The number of benzene rings is 1. The minimum atomic E-state index is 0.288. The molecular formula is C16H23NO. The van der Waals surface area contributed by atoms with Gasteiger partial charge in [0, 0.05) is 18.0 Å². The van der Waals surface area contributed by atoms with Crippen LogP contribution in [0.1, 0.15) is 44.6 Å². The summed E-state index contributed by atoms with van der Waals surface area (Å²) in [5, 5.41) is 9.73. The van der Waals surface area contributed by atoms with Crippen LogP contribution in [0.15, 0.2) is 24.3 Å². The Hall–Kier alpha value is -1.02. The van der Waals surface area contributed by atoms with Gasteiger partial charge in [0.05, 0.1) is 0 Å². The first-order chi connectivity index (χ1) is 8.73. The SMILES string of the molecule is CCC[C@@]1(c2cccc(O)c2)CCN(C2CC2)C1. The van der Waals surface area contributed by atoms with Crippen molar-refractivity contribution in [3.05, 3.63) is 29.8 Å². The normalized spacial score (nSPS) is 28.7. The number of nitrogens with zero attached hydrogens (tertiary/aromatic N) is 1. The molecule has 1 aliphatic heterocycles. The molecule has 0 unspecified atom stereocenters. The van der Waals surface area contributed by atoms with E-state index in [1.165, 1.54) is 50.8 Å². The molecule has 0 aromatic heterocycles. The van der Waals surface area contributed by atoms with E-state index in [4.69, 9.17) is 0 Å². The molecule has 1 saturated heterocycles. The molecule has 0 radical (unpaired) electrons. The molecule has 0 bridgehead atoms. The van der Waals surface area contributed by atoms with Gasteiger partial charge in [-0.05, 0) is 49.9 Å². The van der Waals surface area contributed by atoms with E-state index in [1.807, 2.05) is 12.1 Å². The number of hydrogen-bond donors (Lipinski definition) is 1. The van der Waals surface area contributed by atoms with Crippen LogP contribution in [0.5, 0.6) is 5.75 Å². The highest BCUT2D eigenvalue weighted by Crippen LogP contribution is 2.43. The number of aromatic hydroxyl groups is 1. The minimum Gasteiger partial charge on any atom is -0.508 e. The van der Waals surface area contributed by atoms with E-state index in [-0.39, 0.29) is 5.41 Å². The van der Waals surface area contributed by atoms with Crippen LogP contribution in [0.4, 0.5) is 0 Å². The lowest BCUT2D eigenvalue weighted by Crippen LogP contribution is -2.32. The first kappa shape index (κ1) is 12.0. The Morgan fingerprint density at radius 1 is 1.39 bits per heavy atom. The average Bonchev–Trinajstić information content (AvgIpc) is 3.12. The summed E-state index contributed by atoms with van der Waals surface area (Å²) >= 11 is 0. The fourth-order valence-corrected chi connectivity index (χ4v) is 3.55. The van der Waals surface area contributed by atoms with E-state index < -0.39 is 0 Å². The monoisotopic (exact) mass is 245 g/mol. The van der Waals surface area contributed by atoms with Crippen molar-refractivity contribution in [3.63, 3.8) is 0 Å². The fourth-order valence-electron chi connectivity index (χ4n) is 3.55. The summed E-state index contributed by atoms with van der Waals surface area (Å²) in [5.74, 6) is 0.410. The zero-order chi connectivity index (χ0) is 12.6. The second-order valence-electron chi connectivity index (χ2n) is 6.03. The third-order valence-electron chi connectivity index (χ3n) is 4.63. The molecule has 2 fully saturated rings. The zero-order valence-electron chi connectivity index (χ0n) is 11.2. The predicted molar refractivity (Wildman–Crippen MR) is 73.9 cm³/mol. The molecule has 0 spiro atoms. The van der Waals surface area contributed by atoms with Crippen LogP contribution in [-0.4, -0.2) is 29.1 Å². The quantitative estimate of drug-likeness (QED) is 0.880. The summed E-state index contributed by atoms with van der Waals surface area (Å²) < 4.78 is 0. The van der Waals surface area contributed by atoms with Crippen molar-refractivity contribution in [1.29, 1.82) is 0 Å². The summed E-state index contributed by atoms with van der Waals surface area (Å²) in [4.78, 5) is 2.67. The summed E-state index contributed by atoms with van der Waals surface area (Å²) in [7, 11) is 0. The molecule has 0 amide bonds. The lowest BCUT2D eigenvalue weighted by molar-refractivity contribution is 0.292. The third kappa shape index (κ3) is 2.14. The van der Waals surface area contributed by atoms with Gasteiger partial charge in [0.25, 0.3) is 0 Å². The van der Waals surface area contributed by atoms with E-state index >= 15 is 0 Å². The maximum absolute atomic E-state index is 9.73. The second kappa shape index (κ2) is 4.58. The number of hydrogen-bond acceptors (Lipinski definition) is 2. The van der Waals surface area contributed by atoms with E-state index in [9.17, 15) is 5.11 Å². The van der Waals surface area contributed by atoms with Gasteiger partial charge in [-0.15, -0.1) is 0 Å². The molecule has 3 rings (SSSR count). The van der Waals surface area contributed by atoms with Crippen molar-refractivity contribution < 1.29 is 5.11 Å². The molecule has 1 heterocycles. The maximum Gasteiger partial charge on any atom is 0.115 e. The van der Waals surface area contributed by atoms with Crippen molar-refractivity contribution in [1.82, 2.24) is 4.90 Å². The van der Waals surface area contributed by atoms with Crippen LogP contribution in [-0.2, 0) is 5.41 Å². The Morgan fingerprint density at radius 2 is 2.22 bits per heavy atom. The van der Waals surface area contributed by atoms with Gasteiger partial charge in [-0.1, -0.05) is 25.5 Å². The van der Waals surface area contributed by atoms with Crippen LogP contribution < -0.4 is 0 Å². The van der Waals surface area contributed by atoms with Crippen molar-refractivity contribution in [2.75, 3.05) is 13.1 Å². The van der Waals surface area contributed by atoms with Crippen molar-refractivity contribution >= 4 is 0 Å². The van der Waals surface area contributed by atoms with Crippen LogP contribution in [0.25, 0.3) is 0 Å². The van der Waals surface area contributed by atoms with Gasteiger partial charge in [0.15, 0.2) is 0 Å². The van der Waals surface area contributed by atoms with Gasteiger partial charge in [-0.3, -0.25) is 4.90 Å². The van der Waals surface area contributed by atoms with E-state index in [2.05, 4.69) is 17.9 Å². The minimum absolute atomic E-state index is 0.288. The molecule has 1 N–H and O–H groups in total. The zero-order valence-corrected chi connectivity index (χ0v) is 11.2. The van der Waals surface area contributed by atoms with Gasteiger partial charge in [-0.2, -0.15) is 0 Å². The van der Waals surface area contributed by atoms with Crippen molar-refractivity contribution in [2.24, 2.45) is 0 Å². The largest absolute Gasteiger partial charge is 0.508 e. The molecule has 2 aliphatic rings. The highest BCUT2D eigenvalue weighted by atomic mass is 16.3. The number of phenolic OH excluding ortho intramolecular Hbond substituents is 1. The Balaban J connectivity index is 1.87. The Kier molecular flexibility index (Phi) is 3.06. The summed E-state index contributed by atoms with van der Waals surface area (Å²) in [6.45, 7) is 4.69. The molecule has 1 aromatic rings. The molecule has 1 saturated carbocycles. The van der Waals surface area contributed by atoms with Gasteiger partial charge >= 0.3 is 0 Å². The number of phenols is 1. The third-order valence-corrected chi connectivity index (χ3v) is 4.63. The molecule has 2 nitrogen and oxygen atoms in total. The van der Waals surface area contributed by atoms with Gasteiger partial charge < -0.3 is 5.11 Å². The molecule has 1 atom stereocenters. The standard InChI is InChI=1S/C16H23NO/c1-2-8-16(13-4-3-5-15(18)11-13)9-10-17(12-16)14-6-7-14/h3-5,11,14,18H,2,6-10,12H2,1H3/t16-/m1/s1. The van der Waals surface area contributed by atoms with E-state index in [0.717, 1.165) is 6.04 Å². The molecule has 1 aliphatic carbocycles. The second-order valence-corrected chi connectivity index (χ2v) is 6.03. The summed E-state index contributed by atoms with van der Waals surface area (Å²) in [6, 6.07) is 8.80. The van der Waals surface area contributed by atoms with Crippen molar-refractivity contribution in [2.45, 2.75) is 50.5 Å². The van der Waals surface area contributed by atoms with Crippen LogP contribution in [0.2, 0.25) is 0 Å². The molecule has 1 aromatic carbocycles. The number of rotatable bonds is 4. The average molecular weight is 245 g/mol. The fraction of sp³-hybridized carbons (Fsp3) is 0.625. The molecular weight excluding hydrogens is 222 g/mol. The first-order valence-corrected chi connectivity index (χ1v) is 7.27. The van der Waals surface area contributed by atoms with Gasteiger partial charge in [-0.25, -0.2) is 0 Å². The highest BCUT2D eigenvalue weighted by Gasteiger charge is 2.43. The Morgan fingerprint density at radius 3 is 2.89 bits per heavy atom. The Bertz CT molecular complexity index is 427. The van der Waals surface area contributed by atoms with Gasteiger partial charge in [0.2, 0.25) is 0 Å². The molecule has 98 valence electrons. The molecule has 18 heavy (non-hydrogen) atoms. The van der Waals surface area contributed by atoms with Crippen LogP contribution >= 0.6 is 0 Å². The predicted octanol–water partition coefficient (Wildman–Crippen LogP) is 3.30.